The second-order valence-electron chi connectivity index (χ2n) is 11.9. The van der Waals surface area contributed by atoms with Gasteiger partial charge in [-0.25, -0.2) is 14.1 Å². The molecule has 39 heavy (non-hydrogen) atoms. The third-order valence-electron chi connectivity index (χ3n) is 9.56. The normalized spacial score (nSPS) is 21.8. The zero-order valence-corrected chi connectivity index (χ0v) is 22.5. The lowest BCUT2D eigenvalue weighted by atomic mass is 9.81. The second-order valence-corrected chi connectivity index (χ2v) is 11.9. The Morgan fingerprint density at radius 2 is 1.62 bits per heavy atom. The van der Waals surface area contributed by atoms with E-state index in [9.17, 15) is 14.6 Å². The maximum absolute atomic E-state index is 13.8. The summed E-state index contributed by atoms with van der Waals surface area (Å²) in [6, 6.07) is 9.09. The van der Waals surface area contributed by atoms with Crippen LogP contribution in [0.4, 0.5) is 10.1 Å². The Morgan fingerprint density at radius 1 is 0.897 bits per heavy atom. The van der Waals surface area contributed by atoms with Crippen LogP contribution in [-0.4, -0.2) is 68.2 Å². The number of aliphatic hydroxyl groups is 2. The number of likely N-dealkylation sites (tertiary alicyclic amines) is 1. The zero-order valence-electron chi connectivity index (χ0n) is 22.5. The quantitative estimate of drug-likeness (QED) is 0.411. The van der Waals surface area contributed by atoms with E-state index >= 15 is 0 Å². The van der Waals surface area contributed by atoms with Crippen molar-refractivity contribution in [2.24, 2.45) is 0 Å². The van der Waals surface area contributed by atoms with Crippen molar-refractivity contribution in [2.45, 2.75) is 82.3 Å². The molecule has 7 rings (SSSR count). The molecule has 0 amide bonds. The molecule has 2 aliphatic carbocycles. The van der Waals surface area contributed by atoms with Crippen molar-refractivity contribution in [3.05, 3.63) is 53.1 Å². The third-order valence-corrected chi connectivity index (χ3v) is 9.56. The SMILES string of the molecule is OC(=C1CCC1)c1cc(N2CCC(N3CCC(O)CC3)CC2)c2c(C3CCC3)nn(-c3ccc(F)cc3)c2n1. The summed E-state index contributed by atoms with van der Waals surface area (Å²) < 4.78 is 15.7. The minimum absolute atomic E-state index is 0.148. The number of allylic oxidation sites excluding steroid dienone is 1. The number of piperidine rings is 2. The van der Waals surface area contributed by atoms with Crippen LogP contribution in [0.25, 0.3) is 22.5 Å². The number of pyridine rings is 1. The minimum Gasteiger partial charge on any atom is -0.506 e. The van der Waals surface area contributed by atoms with E-state index in [4.69, 9.17) is 10.1 Å². The fraction of sp³-hybridized carbons (Fsp3) is 0.548. The van der Waals surface area contributed by atoms with E-state index in [0.717, 1.165) is 118 Å². The lowest BCUT2D eigenvalue weighted by Gasteiger charge is -2.42. The summed E-state index contributed by atoms with van der Waals surface area (Å²) in [7, 11) is 0. The van der Waals surface area contributed by atoms with Crippen LogP contribution in [0.5, 0.6) is 0 Å². The molecular weight excluding hydrogens is 493 g/mol. The minimum atomic E-state index is -0.276. The highest BCUT2D eigenvalue weighted by atomic mass is 19.1. The number of aromatic nitrogens is 3. The van der Waals surface area contributed by atoms with Gasteiger partial charge in [0.25, 0.3) is 0 Å². The Bertz CT molecular complexity index is 1370. The van der Waals surface area contributed by atoms with Gasteiger partial charge in [-0.15, -0.1) is 0 Å². The summed E-state index contributed by atoms with van der Waals surface area (Å²) in [6.45, 7) is 3.83. The number of benzene rings is 1. The first kappa shape index (κ1) is 25.0. The molecule has 2 aromatic heterocycles. The number of anilines is 1. The van der Waals surface area contributed by atoms with Crippen LogP contribution in [0.3, 0.4) is 0 Å². The van der Waals surface area contributed by atoms with Crippen molar-refractivity contribution in [1.29, 1.82) is 0 Å². The van der Waals surface area contributed by atoms with Crippen LogP contribution in [0.15, 0.2) is 35.9 Å². The van der Waals surface area contributed by atoms with Gasteiger partial charge in [-0.1, -0.05) is 6.42 Å². The van der Waals surface area contributed by atoms with Gasteiger partial charge in [0, 0.05) is 38.1 Å². The Hall–Kier alpha value is -2.97. The highest BCUT2D eigenvalue weighted by Crippen LogP contribution is 2.44. The van der Waals surface area contributed by atoms with Gasteiger partial charge >= 0.3 is 0 Å². The third kappa shape index (κ3) is 4.61. The largest absolute Gasteiger partial charge is 0.506 e. The zero-order chi connectivity index (χ0) is 26.5. The van der Waals surface area contributed by atoms with Crippen molar-refractivity contribution >= 4 is 22.5 Å². The Balaban J connectivity index is 1.31. The lowest BCUT2D eigenvalue weighted by Crippen LogP contribution is -2.48. The van der Waals surface area contributed by atoms with Crippen LogP contribution < -0.4 is 4.90 Å². The molecule has 0 unspecified atom stereocenters. The van der Waals surface area contributed by atoms with Gasteiger partial charge < -0.3 is 20.0 Å². The molecule has 0 atom stereocenters. The Morgan fingerprint density at radius 3 is 2.23 bits per heavy atom. The van der Waals surface area contributed by atoms with E-state index in [1.165, 1.54) is 18.6 Å². The molecule has 2 N–H and O–H groups in total. The molecule has 4 aliphatic rings. The maximum atomic E-state index is 13.8. The van der Waals surface area contributed by atoms with Crippen LogP contribution in [-0.2, 0) is 0 Å². The standard InChI is InChI=1S/C31H38FN5O2/c32-22-7-9-24(10-8-22)37-31-28(29(34-37)20-3-1-4-20)27(19-26(33-31)30(39)21-5-2-6-21)36-15-11-23(12-16-36)35-17-13-25(38)14-18-35/h7-10,19-20,23,25,38-39H,1-6,11-18H2. The monoisotopic (exact) mass is 531 g/mol. The first-order valence-electron chi connectivity index (χ1n) is 14.8. The fourth-order valence-corrected chi connectivity index (χ4v) is 6.72. The predicted octanol–water partition coefficient (Wildman–Crippen LogP) is 5.71. The van der Waals surface area contributed by atoms with Gasteiger partial charge in [-0.2, -0.15) is 5.10 Å². The van der Waals surface area contributed by atoms with Gasteiger partial charge in [0.2, 0.25) is 0 Å². The molecule has 0 spiro atoms. The van der Waals surface area contributed by atoms with Crippen LogP contribution in [0.2, 0.25) is 0 Å². The number of rotatable bonds is 5. The van der Waals surface area contributed by atoms with E-state index < -0.39 is 0 Å². The van der Waals surface area contributed by atoms with Crippen LogP contribution >= 0.6 is 0 Å². The van der Waals surface area contributed by atoms with E-state index in [2.05, 4.69) is 15.9 Å². The maximum Gasteiger partial charge on any atom is 0.166 e. The highest BCUT2D eigenvalue weighted by Gasteiger charge is 2.33. The molecule has 3 aromatic rings. The number of aliphatic hydroxyl groups excluding tert-OH is 2. The number of nitrogens with zero attached hydrogens (tertiary/aromatic N) is 5. The summed E-state index contributed by atoms with van der Waals surface area (Å²) in [6.07, 6.45) is 10.1. The number of fused-ring (bicyclic) bond motifs is 1. The highest BCUT2D eigenvalue weighted by molar-refractivity contribution is 5.95. The predicted molar refractivity (Wildman–Crippen MR) is 151 cm³/mol. The van der Waals surface area contributed by atoms with E-state index in [1.807, 2.05) is 4.68 Å². The van der Waals surface area contributed by atoms with Gasteiger partial charge in [0.05, 0.1) is 28.6 Å². The molecule has 8 heteroatoms. The first-order valence-corrected chi connectivity index (χ1v) is 14.8. The summed E-state index contributed by atoms with van der Waals surface area (Å²) in [5.41, 5.74) is 5.41. The Kier molecular flexibility index (Phi) is 6.55. The van der Waals surface area contributed by atoms with Gasteiger partial charge in [-0.05, 0) is 93.7 Å². The Labute approximate surface area is 228 Å². The van der Waals surface area contributed by atoms with Gasteiger partial charge in [-0.3, -0.25) is 0 Å². The van der Waals surface area contributed by atoms with Crippen molar-refractivity contribution in [1.82, 2.24) is 19.7 Å². The molecule has 0 radical (unpaired) electrons. The molecule has 4 heterocycles. The summed E-state index contributed by atoms with van der Waals surface area (Å²) in [4.78, 5) is 10.1. The van der Waals surface area contributed by atoms with E-state index in [1.54, 1.807) is 12.1 Å². The molecule has 0 bridgehead atoms. The molecule has 2 aliphatic heterocycles. The summed E-state index contributed by atoms with van der Waals surface area (Å²) in [5, 5.41) is 27.4. The van der Waals surface area contributed by atoms with E-state index in [0.29, 0.717) is 23.4 Å². The average Bonchev–Trinajstić information content (AvgIpc) is 3.26. The van der Waals surface area contributed by atoms with Crippen molar-refractivity contribution in [3.63, 3.8) is 0 Å². The molecule has 7 nitrogen and oxygen atoms in total. The van der Waals surface area contributed by atoms with Gasteiger partial charge in [0.1, 0.15) is 17.3 Å². The number of hydrogen-bond acceptors (Lipinski definition) is 6. The average molecular weight is 532 g/mol. The summed E-state index contributed by atoms with van der Waals surface area (Å²) >= 11 is 0. The molecule has 2 saturated heterocycles. The fourth-order valence-electron chi connectivity index (χ4n) is 6.72. The topological polar surface area (TPSA) is 77.6 Å². The second kappa shape index (κ2) is 10.2. The lowest BCUT2D eigenvalue weighted by molar-refractivity contribution is 0.0542. The smallest absolute Gasteiger partial charge is 0.166 e. The van der Waals surface area contributed by atoms with Crippen molar-refractivity contribution in [2.75, 3.05) is 31.1 Å². The first-order chi connectivity index (χ1) is 19.0. The summed E-state index contributed by atoms with van der Waals surface area (Å²) in [5.74, 6) is 0.432. The number of halogens is 1. The molecule has 2 saturated carbocycles. The molecule has 4 fully saturated rings. The molecular formula is C31H38FN5O2. The molecule has 206 valence electrons. The number of hydrogen-bond donors (Lipinski definition) is 2. The van der Waals surface area contributed by atoms with Crippen molar-refractivity contribution < 1.29 is 14.6 Å². The van der Waals surface area contributed by atoms with Gasteiger partial charge in [0.15, 0.2) is 5.65 Å². The molecule has 1 aromatic carbocycles. The van der Waals surface area contributed by atoms with E-state index in [-0.39, 0.29) is 11.9 Å². The van der Waals surface area contributed by atoms with Crippen molar-refractivity contribution in [3.8, 4) is 5.69 Å². The van der Waals surface area contributed by atoms with Crippen LogP contribution in [0, 0.1) is 5.82 Å². The van der Waals surface area contributed by atoms with Crippen LogP contribution in [0.1, 0.15) is 81.5 Å².